The van der Waals surface area contributed by atoms with E-state index in [4.69, 9.17) is 0 Å². The van der Waals surface area contributed by atoms with E-state index >= 15 is 0 Å². The lowest BCUT2D eigenvalue weighted by molar-refractivity contribution is -0.107. The van der Waals surface area contributed by atoms with E-state index in [0.717, 1.165) is 56.1 Å². The minimum absolute atomic E-state index is 0. The SMILES string of the molecule is C.CCC(C)N1CN(C=O)c2cnc(Nc3cccc(C(=O)N4CCN(SC)CC4)c3)cc21. The number of nitrogens with zero attached hydrogens (tertiary/aromatic N) is 5. The number of amides is 2. The highest BCUT2D eigenvalue weighted by molar-refractivity contribution is 7.96. The quantitative estimate of drug-likeness (QED) is 0.484. The standard InChI is InChI=1S/C23H30N6O2S.CH4/c1-4-17(2)29-15-27(16-30)21-14-24-22(13-20(21)29)25-19-7-5-6-18(12-19)23(31)26-8-10-28(32-3)11-9-26;/h5-7,12-14,16-17H,4,8-11,15H2,1-3H3,(H,24,25);1H4. The molecule has 0 radical (unpaired) electrons. The molecule has 2 aliphatic heterocycles. The molecule has 2 aromatic rings. The fourth-order valence-electron chi connectivity index (χ4n) is 4.10. The van der Waals surface area contributed by atoms with Crippen LogP contribution < -0.4 is 15.1 Å². The van der Waals surface area contributed by atoms with Crippen molar-refractivity contribution in [2.75, 3.05) is 54.2 Å². The molecular formula is C24H34N6O2S. The van der Waals surface area contributed by atoms with E-state index in [1.807, 2.05) is 35.2 Å². The fourth-order valence-corrected chi connectivity index (χ4v) is 4.62. The molecule has 3 heterocycles. The molecule has 0 aliphatic carbocycles. The Morgan fingerprint density at radius 1 is 1.21 bits per heavy atom. The number of hydrogen-bond donors (Lipinski definition) is 1. The Labute approximate surface area is 201 Å². The number of anilines is 4. The highest BCUT2D eigenvalue weighted by Gasteiger charge is 2.29. The van der Waals surface area contributed by atoms with E-state index in [0.29, 0.717) is 24.1 Å². The second-order valence-electron chi connectivity index (χ2n) is 8.11. The van der Waals surface area contributed by atoms with Gasteiger partial charge in [0.05, 0.1) is 24.2 Å². The van der Waals surface area contributed by atoms with E-state index in [2.05, 4.69) is 39.6 Å². The van der Waals surface area contributed by atoms with Crippen molar-refractivity contribution in [2.24, 2.45) is 0 Å². The predicted octanol–water partition coefficient (Wildman–Crippen LogP) is 4.04. The van der Waals surface area contributed by atoms with Crippen molar-refractivity contribution in [1.82, 2.24) is 14.2 Å². The predicted molar refractivity (Wildman–Crippen MR) is 137 cm³/mol. The molecule has 0 saturated carbocycles. The molecule has 1 fully saturated rings. The number of rotatable bonds is 7. The number of piperazine rings is 1. The van der Waals surface area contributed by atoms with Gasteiger partial charge in [-0.25, -0.2) is 9.29 Å². The largest absolute Gasteiger partial charge is 0.349 e. The monoisotopic (exact) mass is 470 g/mol. The first-order valence-electron chi connectivity index (χ1n) is 11.0. The maximum absolute atomic E-state index is 13.0. The first-order chi connectivity index (χ1) is 15.5. The summed E-state index contributed by atoms with van der Waals surface area (Å²) in [6.07, 6.45) is 5.63. The number of nitrogens with one attached hydrogen (secondary N) is 1. The van der Waals surface area contributed by atoms with Crippen LogP contribution in [0, 0.1) is 0 Å². The zero-order valence-electron chi connectivity index (χ0n) is 18.8. The third-order valence-electron chi connectivity index (χ3n) is 6.20. The summed E-state index contributed by atoms with van der Waals surface area (Å²) in [4.78, 5) is 34.8. The second-order valence-corrected chi connectivity index (χ2v) is 8.99. The maximum Gasteiger partial charge on any atom is 0.254 e. The molecule has 1 N–H and O–H groups in total. The van der Waals surface area contributed by atoms with Crippen LogP contribution in [-0.2, 0) is 4.79 Å². The molecule has 2 aliphatic rings. The first kappa shape index (κ1) is 24.9. The molecule has 1 atom stereocenters. The van der Waals surface area contributed by atoms with Crippen molar-refractivity contribution < 1.29 is 9.59 Å². The van der Waals surface area contributed by atoms with Gasteiger partial charge in [0.2, 0.25) is 6.41 Å². The van der Waals surface area contributed by atoms with Crippen LogP contribution in [-0.4, -0.2) is 71.7 Å². The maximum atomic E-state index is 13.0. The first-order valence-corrected chi connectivity index (χ1v) is 12.2. The second kappa shape index (κ2) is 10.9. The number of fused-ring (bicyclic) bond motifs is 1. The van der Waals surface area contributed by atoms with E-state index < -0.39 is 0 Å². The number of hydrogen-bond acceptors (Lipinski definition) is 7. The van der Waals surface area contributed by atoms with Crippen LogP contribution in [0.5, 0.6) is 0 Å². The van der Waals surface area contributed by atoms with Gasteiger partial charge in [0, 0.05) is 49.5 Å². The minimum Gasteiger partial charge on any atom is -0.349 e. The molecule has 2 amide bonds. The van der Waals surface area contributed by atoms with E-state index in [9.17, 15) is 9.59 Å². The van der Waals surface area contributed by atoms with Crippen LogP contribution in [0.3, 0.4) is 0 Å². The number of carbonyl (C=O) groups is 2. The van der Waals surface area contributed by atoms with Crippen LogP contribution in [0.15, 0.2) is 36.5 Å². The number of aromatic nitrogens is 1. The average molecular weight is 471 g/mol. The Hall–Kier alpha value is -2.78. The molecule has 8 nitrogen and oxygen atoms in total. The smallest absolute Gasteiger partial charge is 0.254 e. The molecule has 33 heavy (non-hydrogen) atoms. The highest BCUT2D eigenvalue weighted by atomic mass is 32.2. The van der Waals surface area contributed by atoms with Crippen LogP contribution in [0.1, 0.15) is 38.1 Å². The van der Waals surface area contributed by atoms with Crippen LogP contribution >= 0.6 is 11.9 Å². The molecule has 178 valence electrons. The van der Waals surface area contributed by atoms with Crippen LogP contribution in [0.25, 0.3) is 0 Å². The number of benzene rings is 1. The topological polar surface area (TPSA) is 72.0 Å². The Bertz CT molecular complexity index is 979. The van der Waals surface area contributed by atoms with Gasteiger partial charge in [-0.3, -0.25) is 14.5 Å². The Balaban J connectivity index is 0.00000306. The van der Waals surface area contributed by atoms with Crippen molar-refractivity contribution in [3.8, 4) is 0 Å². The van der Waals surface area contributed by atoms with Gasteiger partial charge < -0.3 is 15.1 Å². The van der Waals surface area contributed by atoms with Gasteiger partial charge in [-0.2, -0.15) is 0 Å². The summed E-state index contributed by atoms with van der Waals surface area (Å²) in [6.45, 7) is 8.07. The van der Waals surface area contributed by atoms with Crippen molar-refractivity contribution >= 4 is 47.1 Å². The van der Waals surface area contributed by atoms with Crippen molar-refractivity contribution in [3.63, 3.8) is 0 Å². The van der Waals surface area contributed by atoms with Gasteiger partial charge in [-0.1, -0.05) is 32.4 Å². The zero-order chi connectivity index (χ0) is 22.7. The lowest BCUT2D eigenvalue weighted by atomic mass is 10.1. The molecular weight excluding hydrogens is 436 g/mol. The molecule has 0 spiro atoms. The van der Waals surface area contributed by atoms with Gasteiger partial charge in [-0.15, -0.1) is 0 Å². The Morgan fingerprint density at radius 3 is 2.64 bits per heavy atom. The summed E-state index contributed by atoms with van der Waals surface area (Å²) in [6, 6.07) is 9.84. The lowest BCUT2D eigenvalue weighted by Crippen LogP contribution is -2.46. The summed E-state index contributed by atoms with van der Waals surface area (Å²) in [7, 11) is 0. The number of carbonyl (C=O) groups excluding carboxylic acids is 2. The molecule has 9 heteroatoms. The van der Waals surface area contributed by atoms with E-state index in [1.54, 1.807) is 23.0 Å². The van der Waals surface area contributed by atoms with E-state index in [1.165, 1.54) is 0 Å². The van der Waals surface area contributed by atoms with Crippen LogP contribution in [0.2, 0.25) is 0 Å². The average Bonchev–Trinajstić information content (AvgIpc) is 3.21. The van der Waals surface area contributed by atoms with Crippen molar-refractivity contribution in [3.05, 3.63) is 42.1 Å². The highest BCUT2D eigenvalue weighted by Crippen LogP contribution is 2.38. The zero-order valence-corrected chi connectivity index (χ0v) is 19.6. The van der Waals surface area contributed by atoms with Gasteiger partial charge in [0.25, 0.3) is 5.91 Å². The summed E-state index contributed by atoms with van der Waals surface area (Å²) in [5.74, 6) is 0.740. The molecule has 1 aromatic heterocycles. The summed E-state index contributed by atoms with van der Waals surface area (Å²) in [5, 5.41) is 3.33. The number of pyridine rings is 1. The van der Waals surface area contributed by atoms with Crippen LogP contribution in [0.4, 0.5) is 22.9 Å². The van der Waals surface area contributed by atoms with E-state index in [-0.39, 0.29) is 13.3 Å². The Kier molecular flexibility index (Phi) is 8.20. The molecule has 1 unspecified atom stereocenters. The summed E-state index contributed by atoms with van der Waals surface area (Å²) in [5.41, 5.74) is 3.29. The summed E-state index contributed by atoms with van der Waals surface area (Å²) >= 11 is 1.72. The van der Waals surface area contributed by atoms with Gasteiger partial charge >= 0.3 is 0 Å². The summed E-state index contributed by atoms with van der Waals surface area (Å²) < 4.78 is 2.27. The fraction of sp³-hybridized carbons (Fsp3) is 0.458. The Morgan fingerprint density at radius 2 is 1.97 bits per heavy atom. The normalized spacial score (nSPS) is 16.8. The molecule has 1 saturated heterocycles. The van der Waals surface area contributed by atoms with Crippen molar-refractivity contribution in [1.29, 1.82) is 0 Å². The van der Waals surface area contributed by atoms with Gasteiger partial charge in [-0.05, 0) is 37.8 Å². The minimum atomic E-state index is 0. The molecule has 1 aromatic carbocycles. The third-order valence-corrected chi connectivity index (χ3v) is 7.08. The third kappa shape index (κ3) is 5.25. The molecule has 0 bridgehead atoms. The van der Waals surface area contributed by atoms with Gasteiger partial charge in [0.15, 0.2) is 0 Å². The van der Waals surface area contributed by atoms with Crippen molar-refractivity contribution in [2.45, 2.75) is 33.7 Å². The van der Waals surface area contributed by atoms with Gasteiger partial charge in [0.1, 0.15) is 5.82 Å². The lowest BCUT2D eigenvalue weighted by Gasteiger charge is -2.33. The molecule has 4 rings (SSSR count).